The Kier molecular flexibility index (Phi) is 10.8. The van der Waals surface area contributed by atoms with Gasteiger partial charge in [-0.15, -0.1) is 0 Å². The first kappa shape index (κ1) is 39.9. The number of aromatic amines is 1. The molecular weight excluding hydrogens is 759 g/mol. The van der Waals surface area contributed by atoms with Crippen molar-refractivity contribution >= 4 is 28.7 Å². The number of aromatic nitrogens is 2. The predicted molar refractivity (Wildman–Crippen MR) is 240 cm³/mol. The van der Waals surface area contributed by atoms with E-state index in [1.54, 1.807) is 0 Å². The van der Waals surface area contributed by atoms with Crippen molar-refractivity contribution in [2.45, 2.75) is 81.7 Å². The molecule has 6 N–H and O–H groups in total. The Hall–Kier alpha value is -5.20. The molecule has 4 aromatic rings. The van der Waals surface area contributed by atoms with E-state index in [-0.39, 0.29) is 35.5 Å². The highest BCUT2D eigenvalue weighted by Gasteiger charge is 2.53. The molecule has 4 fully saturated rings. The molecule has 0 radical (unpaired) electrons. The zero-order valence-corrected chi connectivity index (χ0v) is 35.3. The monoisotopic (exact) mass is 817 g/mol. The Morgan fingerprint density at radius 3 is 2.07 bits per heavy atom. The van der Waals surface area contributed by atoms with Gasteiger partial charge in [0.2, 0.25) is 11.8 Å². The van der Waals surface area contributed by atoms with Crippen molar-refractivity contribution in [1.82, 2.24) is 30.0 Å². The number of H-pyrrole nitrogens is 1. The van der Waals surface area contributed by atoms with Gasteiger partial charge in [0.15, 0.2) is 0 Å². The van der Waals surface area contributed by atoms with Crippen LogP contribution in [0.1, 0.15) is 103 Å². The quantitative estimate of drug-likeness (QED) is 0.153. The maximum Gasteiger partial charge on any atom is 0.244 e. The second-order valence-electron chi connectivity index (χ2n) is 18.4. The standard InChI is InChI=1S/C50H59N9O2/c1-57-28-24-50(25-29-57)23-22-38-37(40-31-54-47(56-40)42-15-9-27-59(42)49(61)45(52)35-12-6-3-7-13-35)21-20-36(43(38)50)32-16-18-33(19-17-32)39-30-53-46(55-39)41-14-8-26-58(41)48(60)44(51)34-10-4-2-5-11-34/h2-7,10-13,16-21,31,38,41-46,53H,8-9,14-15,22-30,51-52H2,1H3,(H,54,56). The van der Waals surface area contributed by atoms with Crippen LogP contribution < -0.4 is 16.8 Å². The largest absolute Gasteiger partial charge is 0.341 e. The minimum absolute atomic E-state index is 0.0130. The van der Waals surface area contributed by atoms with Gasteiger partial charge in [-0.25, -0.2) is 4.98 Å². The summed E-state index contributed by atoms with van der Waals surface area (Å²) < 4.78 is 0. The molecule has 4 aliphatic heterocycles. The van der Waals surface area contributed by atoms with Crippen molar-refractivity contribution in [3.8, 4) is 0 Å². The summed E-state index contributed by atoms with van der Waals surface area (Å²) in [5.41, 5.74) is 22.2. The first-order valence-electron chi connectivity index (χ1n) is 22.6. The average molecular weight is 818 g/mol. The molecule has 10 rings (SSSR count). The van der Waals surface area contributed by atoms with Crippen LogP contribution in [0.5, 0.6) is 0 Å². The number of carbonyl (C=O) groups is 2. The predicted octanol–water partition coefficient (Wildman–Crippen LogP) is 6.40. The summed E-state index contributed by atoms with van der Waals surface area (Å²) in [5, 5.41) is 3.63. The third-order valence-electron chi connectivity index (χ3n) is 15.1. The smallest absolute Gasteiger partial charge is 0.244 e. The van der Waals surface area contributed by atoms with Crippen molar-refractivity contribution in [1.29, 1.82) is 0 Å². The minimum atomic E-state index is -0.690. The molecule has 3 aromatic carbocycles. The summed E-state index contributed by atoms with van der Waals surface area (Å²) in [6.45, 7) is 4.30. The van der Waals surface area contributed by atoms with E-state index in [0.29, 0.717) is 31.5 Å². The summed E-state index contributed by atoms with van der Waals surface area (Å²) in [5.74, 6) is 1.55. The lowest BCUT2D eigenvalue weighted by Crippen LogP contribution is -2.49. The van der Waals surface area contributed by atoms with E-state index in [4.69, 9.17) is 21.4 Å². The molecule has 1 aromatic heterocycles. The van der Waals surface area contributed by atoms with Crippen LogP contribution in [0.25, 0.3) is 11.1 Å². The van der Waals surface area contributed by atoms with E-state index in [0.717, 1.165) is 79.1 Å². The van der Waals surface area contributed by atoms with Gasteiger partial charge in [-0.2, -0.15) is 0 Å². The van der Waals surface area contributed by atoms with Gasteiger partial charge in [-0.3, -0.25) is 19.9 Å². The molecule has 1 saturated carbocycles. The molecule has 11 heteroatoms. The van der Waals surface area contributed by atoms with Crippen LogP contribution in [-0.2, 0) is 9.59 Å². The van der Waals surface area contributed by atoms with E-state index < -0.39 is 12.1 Å². The fraction of sp³-hybridized carbons (Fsp3) is 0.440. The molecule has 7 atom stereocenters. The molecular formula is C50H59N9O2. The Morgan fingerprint density at radius 1 is 0.738 bits per heavy atom. The Bertz CT molecular complexity index is 2330. The molecule has 5 heterocycles. The molecule has 6 aliphatic rings. The minimum Gasteiger partial charge on any atom is -0.341 e. The third-order valence-corrected chi connectivity index (χ3v) is 15.1. The molecule has 1 spiro atoms. The van der Waals surface area contributed by atoms with Crippen LogP contribution in [0.2, 0.25) is 0 Å². The van der Waals surface area contributed by atoms with E-state index in [9.17, 15) is 9.59 Å². The fourth-order valence-corrected chi connectivity index (χ4v) is 11.7. The first-order valence-corrected chi connectivity index (χ1v) is 22.6. The second-order valence-corrected chi connectivity index (χ2v) is 18.4. The first-order chi connectivity index (χ1) is 29.8. The Morgan fingerprint density at radius 2 is 1.36 bits per heavy atom. The van der Waals surface area contributed by atoms with Crippen molar-refractivity contribution in [2.24, 2.45) is 33.7 Å². The van der Waals surface area contributed by atoms with Gasteiger partial charge >= 0.3 is 0 Å². The Labute approximate surface area is 359 Å². The van der Waals surface area contributed by atoms with Gasteiger partial charge < -0.3 is 31.2 Å². The van der Waals surface area contributed by atoms with Crippen LogP contribution in [-0.4, -0.2) is 94.2 Å². The number of rotatable bonds is 9. The molecule has 61 heavy (non-hydrogen) atoms. The van der Waals surface area contributed by atoms with Crippen molar-refractivity contribution < 1.29 is 9.59 Å². The fourth-order valence-electron chi connectivity index (χ4n) is 11.7. The van der Waals surface area contributed by atoms with Crippen LogP contribution in [0, 0.1) is 17.3 Å². The van der Waals surface area contributed by atoms with Crippen molar-refractivity contribution in [3.63, 3.8) is 0 Å². The van der Waals surface area contributed by atoms with E-state index in [1.807, 2.05) is 76.7 Å². The summed E-state index contributed by atoms with van der Waals surface area (Å²) in [6.07, 6.45) is 15.0. The average Bonchev–Trinajstić information content (AvgIpc) is 4.17. The number of imidazole rings is 1. The van der Waals surface area contributed by atoms with Crippen molar-refractivity contribution in [2.75, 3.05) is 39.8 Å². The van der Waals surface area contributed by atoms with Gasteiger partial charge in [0, 0.05) is 19.6 Å². The summed E-state index contributed by atoms with van der Waals surface area (Å²) in [7, 11) is 2.25. The highest BCUT2D eigenvalue weighted by molar-refractivity contribution is 6.03. The van der Waals surface area contributed by atoms with Gasteiger partial charge in [0.25, 0.3) is 0 Å². The van der Waals surface area contributed by atoms with Gasteiger partial charge in [0.1, 0.15) is 24.1 Å². The van der Waals surface area contributed by atoms with Crippen LogP contribution >= 0.6 is 0 Å². The van der Waals surface area contributed by atoms with E-state index >= 15 is 0 Å². The number of nitrogens with one attached hydrogen (secondary N) is 2. The number of nitrogens with zero attached hydrogens (tertiary/aromatic N) is 5. The number of hydrogen-bond acceptors (Lipinski definition) is 8. The number of nitrogens with two attached hydrogens (primary N) is 2. The molecule has 2 aliphatic carbocycles. The third kappa shape index (κ3) is 7.39. The maximum absolute atomic E-state index is 13.7. The second kappa shape index (κ2) is 16.6. The number of likely N-dealkylation sites (tertiary alicyclic amines) is 3. The van der Waals surface area contributed by atoms with Crippen molar-refractivity contribution in [3.05, 3.63) is 137 Å². The highest BCUT2D eigenvalue weighted by Crippen LogP contribution is 2.62. The van der Waals surface area contributed by atoms with E-state index in [2.05, 4.69) is 58.7 Å². The number of hydrogen-bond donors (Lipinski definition) is 4. The highest BCUT2D eigenvalue weighted by atomic mass is 16.2. The number of aliphatic imine (C=N–C) groups is 1. The number of allylic oxidation sites excluding steroid dienone is 4. The van der Waals surface area contributed by atoms with Crippen LogP contribution in [0.3, 0.4) is 0 Å². The summed E-state index contributed by atoms with van der Waals surface area (Å²) in [4.78, 5) is 47.6. The maximum atomic E-state index is 13.7. The van der Waals surface area contributed by atoms with Gasteiger partial charge in [-0.05, 0) is 122 Å². The van der Waals surface area contributed by atoms with Crippen LogP contribution in [0.15, 0.2) is 108 Å². The Balaban J connectivity index is 0.892. The number of fused-ring (bicyclic) bond motifs is 2. The lowest BCUT2D eigenvalue weighted by Gasteiger charge is -2.45. The zero-order chi connectivity index (χ0) is 41.7. The SMILES string of the molecule is CN1CCC2(CCC3C(c4cnc(C5CCCN5C(=O)C(N)c5ccccc5)[nH]4)=CC=C(c4ccc(C5=NC(C6CCCN6C(=O)C(N)c6ccccc6)NC5)cc4)C32)CC1. The lowest BCUT2D eigenvalue weighted by atomic mass is 9.62. The number of benzene rings is 3. The number of amides is 2. The normalized spacial score (nSPS) is 27.1. The molecule has 7 unspecified atom stereocenters. The summed E-state index contributed by atoms with van der Waals surface area (Å²) in [6, 6.07) is 26.9. The molecule has 2 amide bonds. The van der Waals surface area contributed by atoms with Gasteiger partial charge in [0.05, 0.1) is 29.7 Å². The lowest BCUT2D eigenvalue weighted by molar-refractivity contribution is -0.134. The molecule has 11 nitrogen and oxygen atoms in total. The molecule has 0 bridgehead atoms. The summed E-state index contributed by atoms with van der Waals surface area (Å²) >= 11 is 0. The molecule has 316 valence electrons. The topological polar surface area (TPSA) is 149 Å². The number of carbonyl (C=O) groups excluding carboxylic acids is 2. The zero-order valence-electron chi connectivity index (χ0n) is 35.3. The molecule has 3 saturated heterocycles. The van der Waals surface area contributed by atoms with Crippen LogP contribution in [0.4, 0.5) is 0 Å². The van der Waals surface area contributed by atoms with E-state index in [1.165, 1.54) is 36.0 Å². The number of piperidine rings is 1. The van der Waals surface area contributed by atoms with Gasteiger partial charge in [-0.1, -0.05) is 97.1 Å².